The van der Waals surface area contributed by atoms with Gasteiger partial charge in [-0.15, -0.1) is 0 Å². The molecule has 10 heavy (non-hydrogen) atoms. The van der Waals surface area contributed by atoms with Gasteiger partial charge in [0.25, 0.3) is 0 Å². The molecule has 0 aliphatic rings. The summed E-state index contributed by atoms with van der Waals surface area (Å²) in [7, 11) is 0. The quantitative estimate of drug-likeness (QED) is 0.503. The van der Waals surface area contributed by atoms with Crippen LogP contribution in [0.5, 0.6) is 0 Å². The van der Waals surface area contributed by atoms with Gasteiger partial charge in [0.05, 0.1) is 0 Å². The molecule has 0 aliphatic carbocycles. The van der Waals surface area contributed by atoms with Crippen LogP contribution >= 0.6 is 0 Å². The summed E-state index contributed by atoms with van der Waals surface area (Å²) >= 11 is 0.0850. The molecule has 1 heteroatoms. The molecule has 0 N–H and O–H groups in total. The zero-order valence-electron chi connectivity index (χ0n) is 5.88. The van der Waals surface area contributed by atoms with Gasteiger partial charge < -0.3 is 0 Å². The van der Waals surface area contributed by atoms with Crippen molar-refractivity contribution in [1.82, 2.24) is 0 Å². The Morgan fingerprint density at radius 3 is 2.60 bits per heavy atom. The van der Waals surface area contributed by atoms with Crippen LogP contribution < -0.4 is 4.35 Å². The third-order valence-electron chi connectivity index (χ3n) is 1.22. The first-order valence-electron chi connectivity index (χ1n) is 3.33. The Morgan fingerprint density at radius 1 is 1.30 bits per heavy atom. The Bertz CT molecular complexity index is 191. The van der Waals surface area contributed by atoms with Gasteiger partial charge in [-0.1, -0.05) is 0 Å². The summed E-state index contributed by atoms with van der Waals surface area (Å²) in [5.41, 5.74) is 0. The Balaban J connectivity index is 2.50. The second kappa shape index (κ2) is 4.35. The summed E-state index contributed by atoms with van der Waals surface area (Å²) in [5.74, 6) is 0. The van der Waals surface area contributed by atoms with Gasteiger partial charge >= 0.3 is 68.3 Å². The van der Waals surface area contributed by atoms with E-state index in [1.54, 1.807) is 0 Å². The molecule has 0 saturated carbocycles. The van der Waals surface area contributed by atoms with Crippen LogP contribution in [0.2, 0.25) is 5.21 Å². The number of rotatable bonds is 3. The molecule has 0 nitrogen and oxygen atoms in total. The van der Waals surface area contributed by atoms with Gasteiger partial charge in [-0.3, -0.25) is 0 Å². The summed E-state index contributed by atoms with van der Waals surface area (Å²) in [4.78, 5) is 0. The molecule has 0 heterocycles. The Labute approximate surface area is 68.6 Å². The fourth-order valence-corrected chi connectivity index (χ4v) is 2.44. The molecule has 0 aromatic heterocycles. The van der Waals surface area contributed by atoms with Crippen molar-refractivity contribution in [2.24, 2.45) is 0 Å². The third-order valence-corrected chi connectivity index (χ3v) is 3.81. The van der Waals surface area contributed by atoms with Crippen molar-refractivity contribution < 1.29 is 0 Å². The molecule has 1 unspecified atom stereocenters. The van der Waals surface area contributed by atoms with Gasteiger partial charge in [0.15, 0.2) is 0 Å². The van der Waals surface area contributed by atoms with E-state index >= 15 is 0 Å². The van der Waals surface area contributed by atoms with E-state index in [4.69, 9.17) is 0 Å². The van der Waals surface area contributed by atoms with E-state index in [1.807, 2.05) is 6.08 Å². The van der Waals surface area contributed by atoms with Gasteiger partial charge in [-0.05, 0) is 0 Å². The van der Waals surface area contributed by atoms with Crippen LogP contribution in [-0.2, 0) is 0 Å². The normalized spacial score (nSPS) is 10.4. The topological polar surface area (TPSA) is 0 Å². The number of hydrogen-bond acceptors (Lipinski definition) is 0. The van der Waals surface area contributed by atoms with Crippen LogP contribution in [0.1, 0.15) is 0 Å². The van der Waals surface area contributed by atoms with Crippen molar-refractivity contribution in [1.29, 1.82) is 0 Å². The Morgan fingerprint density at radius 2 is 2.00 bits per heavy atom. The van der Waals surface area contributed by atoms with Gasteiger partial charge in [-0.25, -0.2) is 0 Å². The molecule has 1 rings (SSSR count). The monoisotopic (exact) mass is 194 g/mol. The number of benzene rings is 1. The minimum atomic E-state index is 0.0850. The van der Waals surface area contributed by atoms with E-state index in [1.165, 1.54) is 9.56 Å². The predicted molar refractivity (Wildman–Crippen MR) is 48.2 cm³/mol. The van der Waals surface area contributed by atoms with Gasteiger partial charge in [0, 0.05) is 0 Å². The van der Waals surface area contributed by atoms with E-state index < -0.39 is 0 Å². The van der Waals surface area contributed by atoms with E-state index in [9.17, 15) is 0 Å². The first-order chi connectivity index (χ1) is 4.93. The molecular formula is C9H11As. The van der Waals surface area contributed by atoms with Crippen molar-refractivity contribution in [2.75, 3.05) is 0 Å². The summed E-state index contributed by atoms with van der Waals surface area (Å²) in [5, 5.41) is 1.20. The molecule has 1 aromatic rings. The Kier molecular flexibility index (Phi) is 3.32. The van der Waals surface area contributed by atoms with Crippen molar-refractivity contribution >= 4 is 20.1 Å². The van der Waals surface area contributed by atoms with Crippen LogP contribution in [0, 0.1) is 0 Å². The number of hydrogen-bond donors (Lipinski definition) is 0. The molecule has 0 aliphatic heterocycles. The summed E-state index contributed by atoms with van der Waals surface area (Å²) in [6, 6.07) is 10.7. The van der Waals surface area contributed by atoms with Crippen molar-refractivity contribution in [2.45, 2.75) is 5.21 Å². The van der Waals surface area contributed by atoms with Crippen molar-refractivity contribution in [3.63, 3.8) is 0 Å². The number of allylic oxidation sites excluding steroid dienone is 1. The Hall–Kier alpha value is -0.482. The first kappa shape index (κ1) is 7.62. The van der Waals surface area contributed by atoms with Gasteiger partial charge in [-0.2, -0.15) is 0 Å². The maximum absolute atomic E-state index is 3.71. The molecule has 0 radical (unpaired) electrons. The molecule has 1 aromatic carbocycles. The fraction of sp³-hybridized carbons (Fsp3) is 0.111. The minimum absolute atomic E-state index is 0.0850. The first-order valence-corrected chi connectivity index (χ1v) is 5.86. The molecule has 52 valence electrons. The summed E-state index contributed by atoms with van der Waals surface area (Å²) < 4.78 is 1.52. The zero-order valence-corrected chi connectivity index (χ0v) is 7.98. The SMILES string of the molecule is C=CC[AsH]c1ccccc1. The van der Waals surface area contributed by atoms with Crippen LogP contribution in [0.3, 0.4) is 0 Å². The van der Waals surface area contributed by atoms with E-state index in [0.29, 0.717) is 0 Å². The van der Waals surface area contributed by atoms with Crippen LogP contribution in [-0.4, -0.2) is 15.8 Å². The maximum atomic E-state index is 3.71. The molecule has 0 amide bonds. The van der Waals surface area contributed by atoms with E-state index in [0.717, 1.165) is 0 Å². The predicted octanol–water partition coefficient (Wildman–Crippen LogP) is 1.35. The van der Waals surface area contributed by atoms with Crippen LogP contribution in [0.15, 0.2) is 43.0 Å². The van der Waals surface area contributed by atoms with Gasteiger partial charge in [0.2, 0.25) is 0 Å². The van der Waals surface area contributed by atoms with Gasteiger partial charge in [0.1, 0.15) is 0 Å². The molecular weight excluding hydrogens is 183 g/mol. The molecule has 0 bridgehead atoms. The van der Waals surface area contributed by atoms with Crippen LogP contribution in [0.25, 0.3) is 0 Å². The fourth-order valence-electron chi connectivity index (χ4n) is 0.746. The second-order valence-corrected chi connectivity index (χ2v) is 4.85. The van der Waals surface area contributed by atoms with E-state index in [-0.39, 0.29) is 15.8 Å². The molecule has 1 atom stereocenters. The molecule has 0 spiro atoms. The van der Waals surface area contributed by atoms with Crippen LogP contribution in [0.4, 0.5) is 0 Å². The zero-order chi connectivity index (χ0) is 7.23. The van der Waals surface area contributed by atoms with Crippen molar-refractivity contribution in [3.05, 3.63) is 43.0 Å². The average molecular weight is 194 g/mol. The molecule has 0 saturated heterocycles. The molecule has 0 fully saturated rings. The average Bonchev–Trinajstić information content (AvgIpc) is 2.03. The standard InChI is InChI=1S/C9H11As/c1-2-8-10-9-6-4-3-5-7-9/h2-7,10H,1,8H2. The summed E-state index contributed by atoms with van der Waals surface area (Å²) in [6.45, 7) is 3.71. The third kappa shape index (κ3) is 2.41. The summed E-state index contributed by atoms with van der Waals surface area (Å²) in [6.07, 6.45) is 2.01. The second-order valence-electron chi connectivity index (χ2n) is 2.04. The van der Waals surface area contributed by atoms with Crippen molar-refractivity contribution in [3.8, 4) is 0 Å². The van der Waals surface area contributed by atoms with E-state index in [2.05, 4.69) is 36.9 Å².